The van der Waals surface area contributed by atoms with Crippen molar-refractivity contribution in [2.24, 2.45) is 0 Å². The number of methoxy groups -OCH3 is 2. The molecule has 7 heteroatoms. The van der Waals surface area contributed by atoms with Crippen molar-refractivity contribution in [1.29, 1.82) is 0 Å². The van der Waals surface area contributed by atoms with Crippen LogP contribution in [0, 0.1) is 6.92 Å². The van der Waals surface area contributed by atoms with Gasteiger partial charge in [-0.25, -0.2) is 8.42 Å². The summed E-state index contributed by atoms with van der Waals surface area (Å²) in [7, 11) is 0.0219. The van der Waals surface area contributed by atoms with Gasteiger partial charge in [0.1, 0.15) is 11.5 Å². The van der Waals surface area contributed by atoms with Gasteiger partial charge in [0.05, 0.1) is 25.7 Å². The van der Waals surface area contributed by atoms with E-state index in [0.29, 0.717) is 23.5 Å². The minimum absolute atomic E-state index is 0.00112. The molecule has 2 rings (SSSR count). The van der Waals surface area contributed by atoms with Crippen molar-refractivity contribution in [3.8, 4) is 11.5 Å². The molecular formula is C14H19NO5S. The number of rotatable bonds is 4. The van der Waals surface area contributed by atoms with Gasteiger partial charge in [-0.1, -0.05) is 0 Å². The third-order valence-corrected chi connectivity index (χ3v) is 5.35. The van der Waals surface area contributed by atoms with Crippen molar-refractivity contribution < 1.29 is 22.7 Å². The van der Waals surface area contributed by atoms with E-state index in [9.17, 15) is 13.2 Å². The molecule has 1 N–H and O–H groups in total. The van der Waals surface area contributed by atoms with E-state index >= 15 is 0 Å². The lowest BCUT2D eigenvalue weighted by molar-refractivity contribution is 0.0940. The second kappa shape index (κ2) is 5.93. The van der Waals surface area contributed by atoms with E-state index in [1.807, 2.05) is 6.92 Å². The Morgan fingerprint density at radius 1 is 1.24 bits per heavy atom. The first-order valence-corrected chi connectivity index (χ1v) is 8.42. The Hall–Kier alpha value is -1.76. The molecule has 0 saturated carbocycles. The monoisotopic (exact) mass is 313 g/mol. The van der Waals surface area contributed by atoms with E-state index in [1.54, 1.807) is 12.1 Å². The molecule has 0 radical (unpaired) electrons. The molecule has 6 nitrogen and oxygen atoms in total. The van der Waals surface area contributed by atoms with Crippen LogP contribution >= 0.6 is 0 Å². The largest absolute Gasteiger partial charge is 0.496 e. The molecule has 1 fully saturated rings. The zero-order chi connectivity index (χ0) is 15.6. The molecule has 1 unspecified atom stereocenters. The Kier molecular flexibility index (Phi) is 4.41. The van der Waals surface area contributed by atoms with Crippen LogP contribution in [-0.4, -0.2) is 46.1 Å². The molecule has 0 aliphatic carbocycles. The maximum Gasteiger partial charge on any atom is 0.251 e. The van der Waals surface area contributed by atoms with Crippen molar-refractivity contribution in [3.05, 3.63) is 23.3 Å². The highest BCUT2D eigenvalue weighted by Crippen LogP contribution is 2.29. The van der Waals surface area contributed by atoms with Gasteiger partial charge in [-0.15, -0.1) is 0 Å². The summed E-state index contributed by atoms with van der Waals surface area (Å²) < 4.78 is 33.3. The van der Waals surface area contributed by atoms with Gasteiger partial charge in [0, 0.05) is 17.2 Å². The number of amides is 1. The van der Waals surface area contributed by atoms with E-state index in [2.05, 4.69) is 5.32 Å². The van der Waals surface area contributed by atoms with Crippen LogP contribution in [0.5, 0.6) is 11.5 Å². The SMILES string of the molecule is COc1cc(C(=O)NC2CCS(=O)(=O)C2)cc(OC)c1C. The molecule has 1 aromatic carbocycles. The van der Waals surface area contributed by atoms with E-state index < -0.39 is 9.84 Å². The molecule has 0 bridgehead atoms. The van der Waals surface area contributed by atoms with Gasteiger partial charge in [-0.2, -0.15) is 0 Å². The summed E-state index contributed by atoms with van der Waals surface area (Å²) in [4.78, 5) is 12.2. The first kappa shape index (κ1) is 15.6. The maximum atomic E-state index is 12.2. The molecule has 1 amide bonds. The highest BCUT2D eigenvalue weighted by molar-refractivity contribution is 7.91. The van der Waals surface area contributed by atoms with Crippen LogP contribution in [0.4, 0.5) is 0 Å². The zero-order valence-corrected chi connectivity index (χ0v) is 13.1. The maximum absolute atomic E-state index is 12.2. The van der Waals surface area contributed by atoms with E-state index in [-0.39, 0.29) is 23.5 Å². The van der Waals surface area contributed by atoms with Crippen LogP contribution in [0.3, 0.4) is 0 Å². The van der Waals surface area contributed by atoms with Gasteiger partial charge in [0.2, 0.25) is 0 Å². The Bertz CT molecular complexity index is 628. The number of sulfone groups is 1. The minimum Gasteiger partial charge on any atom is -0.496 e. The number of carbonyl (C=O) groups is 1. The van der Waals surface area contributed by atoms with Gasteiger partial charge in [-0.3, -0.25) is 4.79 Å². The fourth-order valence-corrected chi connectivity index (χ4v) is 4.07. The van der Waals surface area contributed by atoms with Gasteiger partial charge in [0.25, 0.3) is 5.91 Å². The number of hydrogen-bond acceptors (Lipinski definition) is 5. The normalized spacial score (nSPS) is 20.0. The summed E-state index contributed by atoms with van der Waals surface area (Å²) in [5.41, 5.74) is 1.19. The van der Waals surface area contributed by atoms with Crippen molar-refractivity contribution in [3.63, 3.8) is 0 Å². The number of nitrogens with one attached hydrogen (secondary N) is 1. The fraction of sp³-hybridized carbons (Fsp3) is 0.500. The molecule has 1 aliphatic heterocycles. The summed E-state index contributed by atoms with van der Waals surface area (Å²) in [6.45, 7) is 1.84. The van der Waals surface area contributed by atoms with Gasteiger partial charge < -0.3 is 14.8 Å². The summed E-state index contributed by atoms with van der Waals surface area (Å²) in [5, 5.41) is 2.74. The highest BCUT2D eigenvalue weighted by atomic mass is 32.2. The van der Waals surface area contributed by atoms with Crippen molar-refractivity contribution in [2.45, 2.75) is 19.4 Å². The Labute approximate surface area is 124 Å². The molecule has 116 valence electrons. The minimum atomic E-state index is -3.02. The quantitative estimate of drug-likeness (QED) is 0.894. The van der Waals surface area contributed by atoms with Crippen molar-refractivity contribution in [2.75, 3.05) is 25.7 Å². The first-order valence-electron chi connectivity index (χ1n) is 6.60. The van der Waals surface area contributed by atoms with Crippen LogP contribution in [-0.2, 0) is 9.84 Å². The number of carbonyl (C=O) groups excluding carboxylic acids is 1. The molecule has 1 aliphatic rings. The van der Waals surface area contributed by atoms with E-state index in [1.165, 1.54) is 14.2 Å². The van der Waals surface area contributed by atoms with Crippen LogP contribution in [0.15, 0.2) is 12.1 Å². The first-order chi connectivity index (χ1) is 9.86. The van der Waals surface area contributed by atoms with Crippen molar-refractivity contribution in [1.82, 2.24) is 5.32 Å². The molecule has 21 heavy (non-hydrogen) atoms. The molecule has 1 heterocycles. The molecular weight excluding hydrogens is 294 g/mol. The Morgan fingerprint density at radius 3 is 2.24 bits per heavy atom. The highest BCUT2D eigenvalue weighted by Gasteiger charge is 2.29. The molecule has 1 saturated heterocycles. The third-order valence-electron chi connectivity index (χ3n) is 3.58. The predicted octanol–water partition coefficient (Wildman–Crippen LogP) is 0.929. The second-order valence-electron chi connectivity index (χ2n) is 5.08. The fourth-order valence-electron chi connectivity index (χ4n) is 2.39. The average molecular weight is 313 g/mol. The van der Waals surface area contributed by atoms with E-state index in [0.717, 1.165) is 5.56 Å². The molecule has 0 aromatic heterocycles. The summed E-state index contributed by atoms with van der Waals surface area (Å²) in [6, 6.07) is 2.91. The Balaban J connectivity index is 2.19. The summed E-state index contributed by atoms with van der Waals surface area (Å²) >= 11 is 0. The molecule has 0 spiro atoms. The lowest BCUT2D eigenvalue weighted by Crippen LogP contribution is -2.35. The topological polar surface area (TPSA) is 81.7 Å². The zero-order valence-electron chi connectivity index (χ0n) is 12.3. The average Bonchev–Trinajstić information content (AvgIpc) is 2.78. The molecule has 1 atom stereocenters. The lowest BCUT2D eigenvalue weighted by Gasteiger charge is -2.14. The number of benzene rings is 1. The molecule has 1 aromatic rings. The van der Waals surface area contributed by atoms with Gasteiger partial charge in [-0.05, 0) is 25.5 Å². The summed E-state index contributed by atoms with van der Waals surface area (Å²) in [5.74, 6) is 0.906. The third kappa shape index (κ3) is 3.47. The van der Waals surface area contributed by atoms with E-state index in [4.69, 9.17) is 9.47 Å². The lowest BCUT2D eigenvalue weighted by atomic mass is 10.1. The number of ether oxygens (including phenoxy) is 2. The second-order valence-corrected chi connectivity index (χ2v) is 7.31. The van der Waals surface area contributed by atoms with Crippen molar-refractivity contribution >= 4 is 15.7 Å². The van der Waals surface area contributed by atoms with Crippen LogP contribution in [0.25, 0.3) is 0 Å². The van der Waals surface area contributed by atoms with Crippen LogP contribution in [0.1, 0.15) is 22.3 Å². The standard InChI is InChI=1S/C14H19NO5S/c1-9-12(19-2)6-10(7-13(9)20-3)14(16)15-11-4-5-21(17,18)8-11/h6-7,11H,4-5,8H2,1-3H3,(H,15,16). The number of hydrogen-bond donors (Lipinski definition) is 1. The smallest absolute Gasteiger partial charge is 0.251 e. The van der Waals surface area contributed by atoms with Gasteiger partial charge >= 0.3 is 0 Å². The Morgan fingerprint density at radius 2 is 1.81 bits per heavy atom. The summed E-state index contributed by atoms with van der Waals surface area (Å²) in [6.07, 6.45) is 0.453. The van der Waals surface area contributed by atoms with Crippen LogP contribution in [0.2, 0.25) is 0 Å². The predicted molar refractivity (Wildman–Crippen MR) is 78.8 cm³/mol. The van der Waals surface area contributed by atoms with Gasteiger partial charge in [0.15, 0.2) is 9.84 Å². The van der Waals surface area contributed by atoms with Crippen LogP contribution < -0.4 is 14.8 Å².